The molecule has 3 fully saturated rings. The third kappa shape index (κ3) is 13.5. The quantitative estimate of drug-likeness (QED) is 0.0858. The number of amides is 5. The number of anilines is 2. The summed E-state index contributed by atoms with van der Waals surface area (Å²) in [5.41, 5.74) is 15.8. The van der Waals surface area contributed by atoms with Gasteiger partial charge in [-0.3, -0.25) is 14.4 Å². The Balaban J connectivity index is 0.000000140. The number of aromatic nitrogens is 4. The summed E-state index contributed by atoms with van der Waals surface area (Å²) in [6.07, 6.45) is 2.38. The van der Waals surface area contributed by atoms with Gasteiger partial charge in [0.25, 0.3) is 0 Å². The van der Waals surface area contributed by atoms with Crippen LogP contribution in [-0.4, -0.2) is 67.6 Å². The Kier molecular flexibility index (Phi) is 18.8. The van der Waals surface area contributed by atoms with Crippen LogP contribution in [0.15, 0.2) is 249 Å². The maximum absolute atomic E-state index is 13.7. The molecule has 5 N–H and O–H groups in total. The zero-order chi connectivity index (χ0) is 65.4. The molecule has 3 saturated heterocycles. The fourth-order valence-corrected chi connectivity index (χ4v) is 12.4. The number of nitrogens with zero attached hydrogens (tertiary/aromatic N) is 6. The Bertz CT molecular complexity index is 4450. The number of rotatable bonds is 13. The van der Waals surface area contributed by atoms with E-state index >= 15 is 0 Å². The van der Waals surface area contributed by atoms with Gasteiger partial charge in [-0.05, 0) is 113 Å². The number of carbonyl (C=O) groups is 5. The number of nitrogens with two attached hydrogens (primary N) is 1. The molecular formula is C75H68F2N10O7. The molecule has 0 bridgehead atoms. The zero-order valence-electron chi connectivity index (χ0n) is 51.7. The molecule has 3 aliphatic rings. The molecule has 11 aromatic rings. The molecule has 0 unspecified atom stereocenters. The van der Waals surface area contributed by atoms with Crippen LogP contribution in [0.25, 0.3) is 33.2 Å². The number of hydrogen-bond acceptors (Lipinski definition) is 10. The van der Waals surface area contributed by atoms with Crippen LogP contribution < -0.4 is 31.5 Å². The minimum Gasteiger partial charge on any atom is -0.445 e. The van der Waals surface area contributed by atoms with Gasteiger partial charge >= 0.3 is 12.2 Å². The minimum atomic E-state index is -0.577. The molecule has 9 atom stereocenters. The van der Waals surface area contributed by atoms with Crippen molar-refractivity contribution < 1.29 is 42.2 Å². The lowest BCUT2D eigenvalue weighted by Gasteiger charge is -2.29. The first-order valence-electron chi connectivity index (χ1n) is 31.0. The predicted octanol–water partition coefficient (Wildman–Crippen LogP) is 13.2. The average molecular weight is 1260 g/mol. The van der Waals surface area contributed by atoms with E-state index in [1.807, 2.05) is 202 Å². The SMILES string of the molecule is C[C@@H]1C(=O)N(c2ccc3c(cnn3-c3ccc(F)cc3)c2)[C@H](c2ccccc2)[C@H]1N.C[C@@H]1C(=O)N(c2ccc3c(cnn3-c3ccc(F)cc3)c2)[C@H](c2ccccc2)[C@H]1NC(=O)OCc1ccccc1.C[C@@H]1C(=O)N[C@H](c2ccccc2)[C@H]1NC(=O)OCc1ccccc1. The first kappa shape index (κ1) is 62.9. The lowest BCUT2D eigenvalue weighted by Crippen LogP contribution is -2.42. The highest BCUT2D eigenvalue weighted by Gasteiger charge is 2.49. The minimum absolute atomic E-state index is 0.0154. The molecule has 9 aromatic carbocycles. The number of nitrogens with one attached hydrogen (secondary N) is 3. The maximum Gasteiger partial charge on any atom is 0.407 e. The van der Waals surface area contributed by atoms with Crippen LogP contribution in [-0.2, 0) is 37.1 Å². The molecule has 19 heteroatoms. The molecule has 94 heavy (non-hydrogen) atoms. The van der Waals surface area contributed by atoms with Crippen molar-refractivity contribution >= 4 is 63.1 Å². The van der Waals surface area contributed by atoms with Gasteiger partial charge < -0.3 is 41.0 Å². The highest BCUT2D eigenvalue weighted by atomic mass is 19.1. The standard InChI is InChI=1S/C32H27FN4O3.C24H21FN4O.C19H20N2O3/c1-21-29(35-32(39)40-20-22-8-4-2-5-9-22)30(23-10-6-3-7-11-23)36(31(21)38)27-16-17-28-24(18-27)19-34-37(28)26-14-12-25(33)13-15-26;1-15-22(26)23(16-5-3-2-4-6-16)28(24(15)30)20-11-12-21-17(13-20)14-27-29(21)19-9-7-18(25)8-10-19;1-13-16(17(20-18(13)22)15-10-6-3-7-11-15)21-19(23)24-12-14-8-4-2-5-9-14/h2-19,21,29-30H,20H2,1H3,(H,35,39);2-15,22-23H,26H2,1H3;2-11,13,16-17H,12H2,1H3,(H,20,22)(H,21,23)/t21-,29-,30+;15-,22-,23+;13-,16-,17+/m000/s1. The van der Waals surface area contributed by atoms with Crippen LogP contribution in [0, 0.1) is 29.4 Å². The normalized spacial score (nSPS) is 20.6. The van der Waals surface area contributed by atoms with Crippen molar-refractivity contribution in [3.63, 3.8) is 0 Å². The molecule has 0 spiro atoms. The summed E-state index contributed by atoms with van der Waals surface area (Å²) in [5, 5.41) is 19.4. The topological polar surface area (TPSA) is 208 Å². The lowest BCUT2D eigenvalue weighted by molar-refractivity contribution is -0.122. The molecule has 3 aliphatic heterocycles. The summed E-state index contributed by atoms with van der Waals surface area (Å²) in [5.74, 6) is -1.85. The summed E-state index contributed by atoms with van der Waals surface area (Å²) in [7, 11) is 0. The van der Waals surface area contributed by atoms with E-state index in [2.05, 4.69) is 26.1 Å². The molecule has 2 aromatic heterocycles. The summed E-state index contributed by atoms with van der Waals surface area (Å²) < 4.78 is 41.0. The number of hydrogen-bond donors (Lipinski definition) is 4. The molecule has 17 nitrogen and oxygen atoms in total. The molecule has 5 amide bonds. The smallest absolute Gasteiger partial charge is 0.407 e. The van der Waals surface area contributed by atoms with E-state index in [4.69, 9.17) is 15.2 Å². The van der Waals surface area contributed by atoms with Crippen LogP contribution in [0.1, 0.15) is 66.7 Å². The number of halogens is 2. The first-order valence-corrected chi connectivity index (χ1v) is 31.0. The second-order valence-electron chi connectivity index (χ2n) is 23.5. The van der Waals surface area contributed by atoms with Crippen LogP contribution in [0.5, 0.6) is 0 Å². The largest absolute Gasteiger partial charge is 0.445 e. The fraction of sp³-hybridized carbons (Fsp3) is 0.187. The van der Waals surface area contributed by atoms with Crippen LogP contribution in [0.2, 0.25) is 0 Å². The molecular weight excluding hydrogens is 1190 g/mol. The summed E-state index contributed by atoms with van der Waals surface area (Å²) in [6.45, 7) is 5.85. The predicted molar refractivity (Wildman–Crippen MR) is 355 cm³/mol. The second kappa shape index (κ2) is 28.1. The Labute approximate surface area is 541 Å². The van der Waals surface area contributed by atoms with E-state index in [0.717, 1.165) is 66.7 Å². The first-order chi connectivity index (χ1) is 45.7. The number of alkyl carbamates (subject to hydrolysis) is 2. The third-order valence-electron chi connectivity index (χ3n) is 17.5. The van der Waals surface area contributed by atoms with E-state index in [-0.39, 0.29) is 78.6 Å². The second-order valence-corrected chi connectivity index (χ2v) is 23.5. The van der Waals surface area contributed by atoms with Gasteiger partial charge in [0.15, 0.2) is 0 Å². The Morgan fingerprint density at radius 1 is 0.468 bits per heavy atom. The summed E-state index contributed by atoms with van der Waals surface area (Å²) in [6, 6.07) is 69.8. The van der Waals surface area contributed by atoms with Gasteiger partial charge in [-0.1, -0.05) is 172 Å². The molecule has 0 saturated carbocycles. The van der Waals surface area contributed by atoms with E-state index in [9.17, 15) is 32.8 Å². The van der Waals surface area contributed by atoms with Crippen molar-refractivity contribution in [1.29, 1.82) is 0 Å². The molecule has 0 aliphatic carbocycles. The molecule has 474 valence electrons. The molecule has 0 radical (unpaired) electrons. The van der Waals surface area contributed by atoms with Gasteiger partial charge in [-0.15, -0.1) is 0 Å². The van der Waals surface area contributed by atoms with Crippen LogP contribution in [0.3, 0.4) is 0 Å². The Morgan fingerprint density at radius 3 is 1.31 bits per heavy atom. The number of benzene rings is 9. The highest BCUT2D eigenvalue weighted by molar-refractivity contribution is 6.02. The lowest BCUT2D eigenvalue weighted by atomic mass is 9.94. The summed E-state index contributed by atoms with van der Waals surface area (Å²) >= 11 is 0. The van der Waals surface area contributed by atoms with Crippen molar-refractivity contribution in [2.45, 2.75) is 70.2 Å². The van der Waals surface area contributed by atoms with E-state index in [1.54, 1.807) is 62.7 Å². The number of ether oxygens (including phenoxy) is 2. The van der Waals surface area contributed by atoms with Gasteiger partial charge in [0.2, 0.25) is 17.7 Å². The van der Waals surface area contributed by atoms with Gasteiger partial charge in [-0.25, -0.2) is 27.7 Å². The molecule has 5 heterocycles. The van der Waals surface area contributed by atoms with Gasteiger partial charge in [0.1, 0.15) is 24.8 Å². The van der Waals surface area contributed by atoms with Crippen LogP contribution >= 0.6 is 0 Å². The van der Waals surface area contributed by atoms with E-state index in [1.165, 1.54) is 24.3 Å². The molecule has 14 rings (SSSR count). The fourth-order valence-electron chi connectivity index (χ4n) is 12.4. The van der Waals surface area contributed by atoms with E-state index in [0.29, 0.717) is 5.69 Å². The van der Waals surface area contributed by atoms with Gasteiger partial charge in [-0.2, -0.15) is 10.2 Å². The Hall–Kier alpha value is -11.3. The van der Waals surface area contributed by atoms with Crippen molar-refractivity contribution in [1.82, 2.24) is 35.5 Å². The van der Waals surface area contributed by atoms with Gasteiger partial charge in [0.05, 0.1) is 82.8 Å². The Morgan fingerprint density at radius 2 is 0.851 bits per heavy atom. The zero-order valence-corrected chi connectivity index (χ0v) is 51.7. The monoisotopic (exact) mass is 1260 g/mol. The number of carbonyl (C=O) groups excluding carboxylic acids is 5. The van der Waals surface area contributed by atoms with Crippen molar-refractivity contribution in [2.24, 2.45) is 23.5 Å². The highest BCUT2D eigenvalue weighted by Crippen LogP contribution is 2.43. The summed E-state index contributed by atoms with van der Waals surface area (Å²) in [4.78, 5) is 67.4. The van der Waals surface area contributed by atoms with Crippen molar-refractivity contribution in [3.8, 4) is 11.4 Å². The third-order valence-corrected chi connectivity index (χ3v) is 17.5. The van der Waals surface area contributed by atoms with Gasteiger partial charge in [0, 0.05) is 28.2 Å². The van der Waals surface area contributed by atoms with Crippen molar-refractivity contribution in [2.75, 3.05) is 9.80 Å². The maximum atomic E-state index is 13.7. The number of fused-ring (bicyclic) bond motifs is 2. The average Bonchev–Trinajstić information content (AvgIpc) is 1.61. The van der Waals surface area contributed by atoms with Crippen LogP contribution in [0.4, 0.5) is 29.7 Å². The van der Waals surface area contributed by atoms with E-state index < -0.39 is 30.2 Å². The van der Waals surface area contributed by atoms with Crippen molar-refractivity contribution in [3.05, 3.63) is 288 Å².